The first-order valence-corrected chi connectivity index (χ1v) is 8.08. The summed E-state index contributed by atoms with van der Waals surface area (Å²) in [5.74, 6) is 1.38. The van der Waals surface area contributed by atoms with E-state index in [-0.39, 0.29) is 0 Å². The Hall–Kier alpha value is -1.80. The second-order valence-corrected chi connectivity index (χ2v) is 5.71. The molecule has 0 saturated carbocycles. The van der Waals surface area contributed by atoms with Gasteiger partial charge in [-0.15, -0.1) is 0 Å². The molecule has 0 aliphatic rings. The highest BCUT2D eigenvalue weighted by Crippen LogP contribution is 2.24. The van der Waals surface area contributed by atoms with E-state index >= 15 is 0 Å². The van der Waals surface area contributed by atoms with Gasteiger partial charge in [0.1, 0.15) is 5.75 Å². The summed E-state index contributed by atoms with van der Waals surface area (Å²) in [7, 11) is 0. The van der Waals surface area contributed by atoms with Crippen molar-refractivity contribution in [3.8, 4) is 5.75 Å². The summed E-state index contributed by atoms with van der Waals surface area (Å²) in [6.07, 6.45) is 2.94. The molecule has 0 fully saturated rings. The van der Waals surface area contributed by atoms with Crippen molar-refractivity contribution in [3.63, 3.8) is 0 Å². The van der Waals surface area contributed by atoms with E-state index in [4.69, 9.17) is 16.3 Å². The molecule has 0 radical (unpaired) electrons. The van der Waals surface area contributed by atoms with Crippen molar-refractivity contribution in [3.05, 3.63) is 58.6 Å². The fourth-order valence-electron chi connectivity index (χ4n) is 2.18. The molecule has 0 aliphatic heterocycles. The molecule has 0 spiro atoms. The number of aliphatic imine (C=N–C) groups is 1. The number of hydrogen-bond donors (Lipinski definition) is 0. The summed E-state index contributed by atoms with van der Waals surface area (Å²) in [6, 6.07) is 13.9. The van der Waals surface area contributed by atoms with E-state index in [1.807, 2.05) is 37.3 Å². The summed E-state index contributed by atoms with van der Waals surface area (Å²) in [5.41, 5.74) is 3.16. The minimum absolute atomic E-state index is 0.579. The predicted molar refractivity (Wildman–Crippen MR) is 95.0 cm³/mol. The third kappa shape index (κ3) is 4.35. The third-order valence-corrected chi connectivity index (χ3v) is 3.93. The Kier molecular flexibility index (Phi) is 6.02. The average molecular weight is 316 g/mol. The second-order valence-electron chi connectivity index (χ2n) is 5.27. The van der Waals surface area contributed by atoms with Gasteiger partial charge in [0.2, 0.25) is 0 Å². The Labute approximate surface area is 137 Å². The summed E-state index contributed by atoms with van der Waals surface area (Å²) in [5, 5.41) is 0.678. The van der Waals surface area contributed by atoms with Crippen LogP contribution in [-0.4, -0.2) is 12.8 Å². The van der Waals surface area contributed by atoms with Crippen molar-refractivity contribution in [1.29, 1.82) is 0 Å². The fraction of sp³-hybridized carbons (Fsp3) is 0.316. The molecule has 3 heteroatoms. The zero-order valence-electron chi connectivity index (χ0n) is 13.3. The van der Waals surface area contributed by atoms with Gasteiger partial charge in [-0.2, -0.15) is 0 Å². The molecule has 0 saturated heterocycles. The topological polar surface area (TPSA) is 21.6 Å². The van der Waals surface area contributed by atoms with Gasteiger partial charge in [0, 0.05) is 16.8 Å². The molecule has 116 valence electrons. The standard InChI is InChI=1S/C19H22ClNO/c1-4-14(3)15-6-9-18(10-7-15)21-13-16-12-17(20)8-11-19(16)22-5-2/h6-14H,4-5H2,1-3H3/t14-/m0/s1. The third-order valence-electron chi connectivity index (χ3n) is 3.70. The van der Waals surface area contributed by atoms with E-state index in [1.54, 1.807) is 6.21 Å². The molecule has 2 aromatic carbocycles. The summed E-state index contributed by atoms with van der Waals surface area (Å²) >= 11 is 6.05. The van der Waals surface area contributed by atoms with Crippen LogP contribution in [-0.2, 0) is 0 Å². The molecule has 0 bridgehead atoms. The normalized spacial score (nSPS) is 12.5. The quantitative estimate of drug-likeness (QED) is 0.599. The lowest BCUT2D eigenvalue weighted by molar-refractivity contribution is 0.340. The largest absolute Gasteiger partial charge is 0.493 e. The zero-order valence-corrected chi connectivity index (χ0v) is 14.1. The summed E-state index contributed by atoms with van der Waals surface area (Å²) in [6.45, 7) is 7.01. The van der Waals surface area contributed by atoms with Crippen LogP contribution in [0.5, 0.6) is 5.75 Å². The van der Waals surface area contributed by atoms with Crippen LogP contribution in [0.25, 0.3) is 0 Å². The monoisotopic (exact) mass is 315 g/mol. The maximum absolute atomic E-state index is 6.05. The van der Waals surface area contributed by atoms with Gasteiger partial charge in [0.15, 0.2) is 0 Å². The van der Waals surface area contributed by atoms with E-state index in [0.29, 0.717) is 17.5 Å². The van der Waals surface area contributed by atoms with Gasteiger partial charge in [-0.25, -0.2) is 0 Å². The molecule has 2 rings (SSSR count). The Morgan fingerprint density at radius 2 is 1.86 bits per heavy atom. The van der Waals surface area contributed by atoms with Gasteiger partial charge in [0.05, 0.1) is 12.3 Å². The summed E-state index contributed by atoms with van der Waals surface area (Å²) in [4.78, 5) is 4.52. The molecule has 1 atom stereocenters. The lowest BCUT2D eigenvalue weighted by atomic mass is 9.99. The van der Waals surface area contributed by atoms with Crippen molar-refractivity contribution in [2.24, 2.45) is 4.99 Å². The number of ether oxygens (including phenoxy) is 1. The first kappa shape index (κ1) is 16.6. The SMILES string of the molecule is CCOc1ccc(Cl)cc1C=Nc1ccc([C@@H](C)CC)cc1. The van der Waals surface area contributed by atoms with Crippen molar-refractivity contribution in [2.45, 2.75) is 33.1 Å². The van der Waals surface area contributed by atoms with E-state index in [1.165, 1.54) is 5.56 Å². The van der Waals surface area contributed by atoms with E-state index in [9.17, 15) is 0 Å². The molecule has 0 amide bonds. The van der Waals surface area contributed by atoms with Gasteiger partial charge in [-0.3, -0.25) is 4.99 Å². The molecule has 0 unspecified atom stereocenters. The van der Waals surface area contributed by atoms with Crippen LogP contribution >= 0.6 is 11.6 Å². The Balaban J connectivity index is 2.19. The smallest absolute Gasteiger partial charge is 0.128 e. The molecule has 2 aromatic rings. The molecule has 0 heterocycles. The Morgan fingerprint density at radius 3 is 2.50 bits per heavy atom. The van der Waals surface area contributed by atoms with Crippen molar-refractivity contribution in [2.75, 3.05) is 6.61 Å². The van der Waals surface area contributed by atoms with Crippen LogP contribution in [0.15, 0.2) is 47.5 Å². The van der Waals surface area contributed by atoms with E-state index in [0.717, 1.165) is 23.4 Å². The van der Waals surface area contributed by atoms with Gasteiger partial charge in [0.25, 0.3) is 0 Å². The summed E-state index contributed by atoms with van der Waals surface area (Å²) < 4.78 is 5.60. The molecule has 0 aliphatic carbocycles. The van der Waals surface area contributed by atoms with Crippen LogP contribution < -0.4 is 4.74 Å². The molecule has 0 N–H and O–H groups in total. The first-order chi connectivity index (χ1) is 10.6. The number of rotatable bonds is 6. The Morgan fingerprint density at radius 1 is 1.14 bits per heavy atom. The first-order valence-electron chi connectivity index (χ1n) is 7.70. The maximum atomic E-state index is 6.05. The van der Waals surface area contributed by atoms with E-state index < -0.39 is 0 Å². The number of halogens is 1. The number of hydrogen-bond acceptors (Lipinski definition) is 2. The zero-order chi connectivity index (χ0) is 15.9. The minimum atomic E-state index is 0.579. The number of benzene rings is 2. The van der Waals surface area contributed by atoms with Crippen LogP contribution in [0.4, 0.5) is 5.69 Å². The predicted octanol–water partition coefficient (Wildman–Crippen LogP) is 6.00. The van der Waals surface area contributed by atoms with Crippen molar-refractivity contribution < 1.29 is 4.74 Å². The highest BCUT2D eigenvalue weighted by molar-refractivity contribution is 6.30. The van der Waals surface area contributed by atoms with Crippen molar-refractivity contribution >= 4 is 23.5 Å². The average Bonchev–Trinajstić information content (AvgIpc) is 2.55. The van der Waals surface area contributed by atoms with Crippen molar-refractivity contribution in [1.82, 2.24) is 0 Å². The van der Waals surface area contributed by atoms with Gasteiger partial charge in [-0.1, -0.05) is 37.6 Å². The lowest BCUT2D eigenvalue weighted by Crippen LogP contribution is -1.95. The van der Waals surface area contributed by atoms with Crippen LogP contribution in [0, 0.1) is 0 Å². The number of nitrogens with zero attached hydrogens (tertiary/aromatic N) is 1. The molecule has 22 heavy (non-hydrogen) atoms. The molecular formula is C19H22ClNO. The van der Waals surface area contributed by atoms with Gasteiger partial charge < -0.3 is 4.74 Å². The fourth-order valence-corrected chi connectivity index (χ4v) is 2.36. The highest BCUT2D eigenvalue weighted by Gasteiger charge is 2.03. The van der Waals surface area contributed by atoms with Gasteiger partial charge in [-0.05, 0) is 55.2 Å². The Bertz CT molecular complexity index is 634. The lowest BCUT2D eigenvalue weighted by Gasteiger charge is -2.09. The van der Waals surface area contributed by atoms with Crippen LogP contribution in [0.1, 0.15) is 44.2 Å². The molecular weight excluding hydrogens is 294 g/mol. The highest BCUT2D eigenvalue weighted by atomic mass is 35.5. The van der Waals surface area contributed by atoms with Gasteiger partial charge >= 0.3 is 0 Å². The maximum Gasteiger partial charge on any atom is 0.128 e. The minimum Gasteiger partial charge on any atom is -0.493 e. The molecule has 2 nitrogen and oxygen atoms in total. The van der Waals surface area contributed by atoms with E-state index in [2.05, 4.69) is 31.0 Å². The van der Waals surface area contributed by atoms with Crippen LogP contribution in [0.3, 0.4) is 0 Å². The van der Waals surface area contributed by atoms with Crippen LogP contribution in [0.2, 0.25) is 5.02 Å². The second kappa shape index (κ2) is 8.00. The molecule has 0 aromatic heterocycles.